The predicted molar refractivity (Wildman–Crippen MR) is 68.2 cm³/mol. The summed E-state index contributed by atoms with van der Waals surface area (Å²) in [6, 6.07) is 0. The van der Waals surface area contributed by atoms with Crippen LogP contribution in [0.4, 0.5) is 0 Å². The first kappa shape index (κ1) is 11.9. The highest BCUT2D eigenvalue weighted by atomic mass is 16.3. The van der Waals surface area contributed by atoms with Crippen LogP contribution in [0, 0.1) is 11.3 Å². The van der Waals surface area contributed by atoms with Gasteiger partial charge in [0.1, 0.15) is 0 Å². The van der Waals surface area contributed by atoms with Crippen molar-refractivity contribution in [3.63, 3.8) is 0 Å². The van der Waals surface area contributed by atoms with Crippen LogP contribution in [-0.4, -0.2) is 11.2 Å². The van der Waals surface area contributed by atoms with Crippen molar-refractivity contribution in [2.75, 3.05) is 0 Å². The lowest BCUT2D eigenvalue weighted by atomic mass is 9.64. The number of hydrogen-bond donors (Lipinski definition) is 1. The second-order valence-corrected chi connectivity index (χ2v) is 5.99. The van der Waals surface area contributed by atoms with Gasteiger partial charge in [-0.05, 0) is 57.8 Å². The average molecular weight is 220 g/mol. The number of aliphatic hydroxyl groups is 1. The highest BCUT2D eigenvalue weighted by Crippen LogP contribution is 2.55. The fraction of sp³-hybridized carbons (Fsp3) is 0.733. The highest BCUT2D eigenvalue weighted by molar-refractivity contribution is 5.29. The summed E-state index contributed by atoms with van der Waals surface area (Å²) < 4.78 is 0. The molecule has 0 radical (unpaired) electrons. The van der Waals surface area contributed by atoms with Crippen molar-refractivity contribution < 1.29 is 5.11 Å². The summed E-state index contributed by atoms with van der Waals surface area (Å²) in [6.45, 7) is 8.99. The SMILES string of the molecule is CC1=C[C@@H](O)C[C@@H](C)[C@]12CCC(=C(C)C)C2. The Hall–Kier alpha value is -0.560. The number of allylic oxidation sites excluding steroid dienone is 3. The lowest BCUT2D eigenvalue weighted by molar-refractivity contribution is 0.115. The zero-order valence-electron chi connectivity index (χ0n) is 11.0. The third-order valence-electron chi connectivity index (χ3n) is 4.87. The van der Waals surface area contributed by atoms with Crippen molar-refractivity contribution in [3.05, 3.63) is 22.8 Å². The van der Waals surface area contributed by atoms with E-state index in [9.17, 15) is 5.11 Å². The topological polar surface area (TPSA) is 20.2 Å². The fourth-order valence-electron chi connectivity index (χ4n) is 3.61. The van der Waals surface area contributed by atoms with E-state index in [4.69, 9.17) is 0 Å². The van der Waals surface area contributed by atoms with Gasteiger partial charge < -0.3 is 5.11 Å². The van der Waals surface area contributed by atoms with Crippen LogP contribution in [-0.2, 0) is 0 Å². The summed E-state index contributed by atoms with van der Waals surface area (Å²) in [4.78, 5) is 0. The van der Waals surface area contributed by atoms with Crippen LogP contribution in [0.15, 0.2) is 22.8 Å². The standard InChI is InChI=1S/C15H24O/c1-10(2)13-5-6-15(9-13)11(3)7-14(16)8-12(15)4/h7,12,14,16H,5-6,8-9H2,1-4H3/t12-,14-,15+/m1/s1. The normalized spacial score (nSPS) is 39.1. The maximum Gasteiger partial charge on any atom is 0.0726 e. The molecule has 16 heavy (non-hydrogen) atoms. The van der Waals surface area contributed by atoms with Gasteiger partial charge in [-0.2, -0.15) is 0 Å². The maximum atomic E-state index is 9.78. The first-order valence-corrected chi connectivity index (χ1v) is 6.48. The molecule has 1 saturated carbocycles. The van der Waals surface area contributed by atoms with E-state index in [1.807, 2.05) is 0 Å². The molecule has 2 aliphatic carbocycles. The Bertz CT molecular complexity index is 346. The monoisotopic (exact) mass is 220 g/mol. The predicted octanol–water partition coefficient (Wildman–Crippen LogP) is 3.84. The molecule has 0 bridgehead atoms. The van der Waals surface area contributed by atoms with Crippen LogP contribution >= 0.6 is 0 Å². The minimum atomic E-state index is -0.212. The van der Waals surface area contributed by atoms with Gasteiger partial charge in [-0.15, -0.1) is 0 Å². The van der Waals surface area contributed by atoms with Crippen LogP contribution in [0.1, 0.15) is 53.4 Å². The summed E-state index contributed by atoms with van der Waals surface area (Å²) in [5, 5.41) is 9.78. The molecule has 0 saturated heterocycles. The van der Waals surface area contributed by atoms with Crippen molar-refractivity contribution >= 4 is 0 Å². The Morgan fingerprint density at radius 2 is 2.12 bits per heavy atom. The Labute approximate surface area is 99.3 Å². The second-order valence-electron chi connectivity index (χ2n) is 5.99. The second kappa shape index (κ2) is 4.03. The smallest absolute Gasteiger partial charge is 0.0726 e. The molecule has 0 unspecified atom stereocenters. The van der Waals surface area contributed by atoms with Crippen molar-refractivity contribution in [1.82, 2.24) is 0 Å². The zero-order chi connectivity index (χ0) is 11.9. The van der Waals surface area contributed by atoms with E-state index in [1.165, 1.54) is 30.4 Å². The van der Waals surface area contributed by atoms with Crippen LogP contribution in [0.5, 0.6) is 0 Å². The Kier molecular flexibility index (Phi) is 3.00. The van der Waals surface area contributed by atoms with Crippen molar-refractivity contribution in [3.8, 4) is 0 Å². The molecule has 0 aromatic rings. The number of aliphatic hydroxyl groups excluding tert-OH is 1. The molecular weight excluding hydrogens is 196 g/mol. The van der Waals surface area contributed by atoms with E-state index in [0.717, 1.165) is 6.42 Å². The van der Waals surface area contributed by atoms with Crippen LogP contribution in [0.3, 0.4) is 0 Å². The number of rotatable bonds is 0. The Morgan fingerprint density at radius 1 is 1.44 bits per heavy atom. The first-order valence-electron chi connectivity index (χ1n) is 6.48. The van der Waals surface area contributed by atoms with E-state index in [0.29, 0.717) is 11.3 Å². The summed E-state index contributed by atoms with van der Waals surface area (Å²) in [5.41, 5.74) is 4.94. The third-order valence-corrected chi connectivity index (χ3v) is 4.87. The molecule has 0 aromatic heterocycles. The van der Waals surface area contributed by atoms with E-state index in [2.05, 4.69) is 33.8 Å². The molecule has 3 atom stereocenters. The summed E-state index contributed by atoms with van der Waals surface area (Å²) in [7, 11) is 0. The Balaban J connectivity index is 2.33. The van der Waals surface area contributed by atoms with Gasteiger partial charge in [-0.25, -0.2) is 0 Å². The minimum Gasteiger partial charge on any atom is -0.389 e. The molecule has 90 valence electrons. The maximum absolute atomic E-state index is 9.78. The lowest BCUT2D eigenvalue weighted by Gasteiger charge is -2.41. The molecule has 0 heterocycles. The van der Waals surface area contributed by atoms with Gasteiger partial charge in [0.15, 0.2) is 0 Å². The van der Waals surface area contributed by atoms with Gasteiger partial charge in [0.25, 0.3) is 0 Å². The molecule has 2 rings (SSSR count). The molecule has 0 aliphatic heterocycles. The molecule has 1 spiro atoms. The summed E-state index contributed by atoms with van der Waals surface area (Å²) >= 11 is 0. The van der Waals surface area contributed by atoms with Gasteiger partial charge in [0.2, 0.25) is 0 Å². The minimum absolute atomic E-state index is 0.212. The first-order chi connectivity index (χ1) is 7.45. The van der Waals surface area contributed by atoms with E-state index in [-0.39, 0.29) is 6.10 Å². The van der Waals surface area contributed by atoms with E-state index >= 15 is 0 Å². The quantitative estimate of drug-likeness (QED) is 0.615. The van der Waals surface area contributed by atoms with Crippen LogP contribution in [0.2, 0.25) is 0 Å². The van der Waals surface area contributed by atoms with E-state index < -0.39 is 0 Å². The zero-order valence-corrected chi connectivity index (χ0v) is 11.0. The van der Waals surface area contributed by atoms with Crippen molar-refractivity contribution in [2.24, 2.45) is 11.3 Å². The molecular formula is C15H24O. The summed E-state index contributed by atoms with van der Waals surface area (Å²) in [5.74, 6) is 0.615. The van der Waals surface area contributed by atoms with Crippen molar-refractivity contribution in [2.45, 2.75) is 59.5 Å². The molecule has 1 heteroatoms. The average Bonchev–Trinajstić information content (AvgIpc) is 2.60. The van der Waals surface area contributed by atoms with Gasteiger partial charge in [-0.1, -0.05) is 29.7 Å². The molecule has 1 N–H and O–H groups in total. The lowest BCUT2D eigenvalue weighted by Crippen LogP contribution is -2.34. The van der Waals surface area contributed by atoms with Crippen molar-refractivity contribution in [1.29, 1.82) is 0 Å². The van der Waals surface area contributed by atoms with Crippen LogP contribution < -0.4 is 0 Å². The Morgan fingerprint density at radius 3 is 2.62 bits per heavy atom. The number of hydrogen-bond acceptors (Lipinski definition) is 1. The molecule has 0 amide bonds. The highest BCUT2D eigenvalue weighted by Gasteiger charge is 2.44. The van der Waals surface area contributed by atoms with Gasteiger partial charge >= 0.3 is 0 Å². The molecule has 1 nitrogen and oxygen atoms in total. The van der Waals surface area contributed by atoms with Crippen LogP contribution in [0.25, 0.3) is 0 Å². The van der Waals surface area contributed by atoms with Gasteiger partial charge in [-0.3, -0.25) is 0 Å². The molecule has 0 aromatic carbocycles. The summed E-state index contributed by atoms with van der Waals surface area (Å²) in [6.07, 6.45) is 6.58. The van der Waals surface area contributed by atoms with E-state index in [1.54, 1.807) is 5.57 Å². The molecule has 2 aliphatic rings. The fourth-order valence-corrected chi connectivity index (χ4v) is 3.61. The molecule has 1 fully saturated rings. The van der Waals surface area contributed by atoms with Gasteiger partial charge in [0.05, 0.1) is 6.10 Å². The largest absolute Gasteiger partial charge is 0.389 e. The van der Waals surface area contributed by atoms with Gasteiger partial charge in [0, 0.05) is 0 Å². The third kappa shape index (κ3) is 1.75.